The topological polar surface area (TPSA) is 71.9 Å². The Labute approximate surface area is 129 Å². The first-order chi connectivity index (χ1) is 10.2. The van der Waals surface area contributed by atoms with Crippen molar-refractivity contribution in [2.24, 2.45) is 0 Å². The Morgan fingerprint density at radius 3 is 2.81 bits per heavy atom. The van der Waals surface area contributed by atoms with Gasteiger partial charge in [-0.2, -0.15) is 5.26 Å². The molecule has 0 spiro atoms. The van der Waals surface area contributed by atoms with Gasteiger partial charge >= 0.3 is 0 Å². The first kappa shape index (κ1) is 13.4. The molecule has 1 heterocycles. The van der Waals surface area contributed by atoms with E-state index in [1.807, 2.05) is 12.1 Å². The van der Waals surface area contributed by atoms with Crippen molar-refractivity contribution in [3.63, 3.8) is 0 Å². The van der Waals surface area contributed by atoms with Crippen molar-refractivity contribution < 1.29 is 4.74 Å². The third-order valence-electron chi connectivity index (χ3n) is 3.04. The first-order valence-electron chi connectivity index (χ1n) is 6.20. The lowest BCUT2D eigenvalue weighted by atomic mass is 10.1. The number of aromatic nitrogens is 1. The molecule has 0 saturated heterocycles. The first-order valence-corrected chi connectivity index (χ1v) is 6.99. The number of hydrogen-bond donors (Lipinski definition) is 1. The summed E-state index contributed by atoms with van der Waals surface area (Å²) in [6.07, 6.45) is 1.68. The molecular weight excluding hydrogens is 330 g/mol. The zero-order valence-electron chi connectivity index (χ0n) is 10.9. The average molecular weight is 340 g/mol. The lowest BCUT2D eigenvalue weighted by Gasteiger charge is -2.11. The molecule has 2 N–H and O–H groups in total. The van der Waals surface area contributed by atoms with Gasteiger partial charge in [0, 0.05) is 16.1 Å². The van der Waals surface area contributed by atoms with Gasteiger partial charge in [-0.1, -0.05) is 15.9 Å². The van der Waals surface area contributed by atoms with E-state index in [0.29, 0.717) is 28.3 Å². The second-order valence-electron chi connectivity index (χ2n) is 4.41. The summed E-state index contributed by atoms with van der Waals surface area (Å²) in [5.74, 6) is 1.10. The van der Waals surface area contributed by atoms with Gasteiger partial charge in [-0.25, -0.2) is 0 Å². The standard InChI is InChI=1S/C16H10BrN3O/c17-11-4-3-10(9-18)15(8-11)21-14-6-5-13(19)16-12(14)2-1-7-20-16/h1-8H,19H2. The van der Waals surface area contributed by atoms with Gasteiger partial charge in [0.2, 0.25) is 0 Å². The van der Waals surface area contributed by atoms with E-state index in [4.69, 9.17) is 15.7 Å². The molecule has 0 amide bonds. The largest absolute Gasteiger partial charge is 0.455 e. The third-order valence-corrected chi connectivity index (χ3v) is 3.54. The Morgan fingerprint density at radius 1 is 1.14 bits per heavy atom. The predicted molar refractivity (Wildman–Crippen MR) is 85.1 cm³/mol. The number of nitriles is 1. The maximum Gasteiger partial charge on any atom is 0.146 e. The Balaban J connectivity index is 2.13. The number of nitrogen functional groups attached to an aromatic ring is 1. The molecule has 0 saturated carbocycles. The SMILES string of the molecule is N#Cc1ccc(Br)cc1Oc1ccc(N)c2ncccc12. The lowest BCUT2D eigenvalue weighted by Crippen LogP contribution is -1.93. The van der Waals surface area contributed by atoms with Crippen molar-refractivity contribution in [3.05, 3.63) is 58.7 Å². The number of anilines is 1. The fourth-order valence-electron chi connectivity index (χ4n) is 2.05. The number of rotatable bonds is 2. The van der Waals surface area contributed by atoms with Crippen LogP contribution in [0.3, 0.4) is 0 Å². The van der Waals surface area contributed by atoms with Crippen LogP contribution in [-0.4, -0.2) is 4.98 Å². The van der Waals surface area contributed by atoms with E-state index in [9.17, 15) is 0 Å². The van der Waals surface area contributed by atoms with E-state index in [2.05, 4.69) is 27.0 Å². The number of hydrogen-bond acceptors (Lipinski definition) is 4. The zero-order valence-corrected chi connectivity index (χ0v) is 12.5. The molecule has 0 aliphatic rings. The molecule has 3 aromatic rings. The molecule has 1 aromatic heterocycles. The van der Waals surface area contributed by atoms with Gasteiger partial charge in [-0.3, -0.25) is 4.98 Å². The quantitative estimate of drug-likeness (QED) is 0.708. The molecule has 0 fully saturated rings. The minimum Gasteiger partial charge on any atom is -0.455 e. The summed E-state index contributed by atoms with van der Waals surface area (Å²) in [5, 5.41) is 9.97. The van der Waals surface area contributed by atoms with Gasteiger partial charge < -0.3 is 10.5 Å². The van der Waals surface area contributed by atoms with Crippen LogP contribution in [0.4, 0.5) is 5.69 Å². The number of nitrogens with zero attached hydrogens (tertiary/aromatic N) is 2. The van der Waals surface area contributed by atoms with Crippen LogP contribution < -0.4 is 10.5 Å². The van der Waals surface area contributed by atoms with Crippen LogP contribution in [0.25, 0.3) is 10.9 Å². The summed E-state index contributed by atoms with van der Waals surface area (Å²) >= 11 is 3.38. The van der Waals surface area contributed by atoms with Crippen LogP contribution in [-0.2, 0) is 0 Å². The third kappa shape index (κ3) is 2.54. The summed E-state index contributed by atoms with van der Waals surface area (Å²) < 4.78 is 6.74. The van der Waals surface area contributed by atoms with Gasteiger partial charge in [0.25, 0.3) is 0 Å². The minimum atomic E-state index is 0.465. The number of benzene rings is 2. The molecule has 5 heteroatoms. The van der Waals surface area contributed by atoms with Crippen molar-refractivity contribution in [1.29, 1.82) is 5.26 Å². The number of fused-ring (bicyclic) bond motifs is 1. The van der Waals surface area contributed by atoms with E-state index in [1.54, 1.807) is 36.5 Å². The zero-order chi connectivity index (χ0) is 14.8. The highest BCUT2D eigenvalue weighted by Crippen LogP contribution is 2.34. The maximum atomic E-state index is 9.17. The molecule has 0 radical (unpaired) electrons. The second kappa shape index (κ2) is 5.43. The van der Waals surface area contributed by atoms with Crippen molar-refractivity contribution in [2.75, 3.05) is 5.73 Å². The Kier molecular flexibility index (Phi) is 3.46. The molecule has 0 bridgehead atoms. The van der Waals surface area contributed by atoms with E-state index in [-0.39, 0.29) is 0 Å². The fraction of sp³-hybridized carbons (Fsp3) is 0. The van der Waals surface area contributed by atoms with Crippen LogP contribution in [0.5, 0.6) is 11.5 Å². The van der Waals surface area contributed by atoms with Crippen LogP contribution in [0.2, 0.25) is 0 Å². The summed E-state index contributed by atoms with van der Waals surface area (Å²) in [7, 11) is 0. The molecule has 0 aliphatic carbocycles. The van der Waals surface area contributed by atoms with Crippen LogP contribution >= 0.6 is 15.9 Å². The molecule has 2 aromatic carbocycles. The molecule has 0 aliphatic heterocycles. The monoisotopic (exact) mass is 339 g/mol. The molecular formula is C16H10BrN3O. The highest BCUT2D eigenvalue weighted by Gasteiger charge is 2.10. The van der Waals surface area contributed by atoms with Crippen molar-refractivity contribution >= 4 is 32.5 Å². The van der Waals surface area contributed by atoms with Crippen LogP contribution in [0.1, 0.15) is 5.56 Å². The summed E-state index contributed by atoms with van der Waals surface area (Å²) in [5.41, 5.74) is 7.66. The van der Waals surface area contributed by atoms with E-state index < -0.39 is 0 Å². The Bertz CT molecular complexity index is 871. The summed E-state index contributed by atoms with van der Waals surface area (Å²) in [4.78, 5) is 4.26. The molecule has 4 nitrogen and oxygen atoms in total. The molecule has 0 unspecified atom stereocenters. The predicted octanol–water partition coefficient (Wildman–Crippen LogP) is 4.24. The van der Waals surface area contributed by atoms with Gasteiger partial charge in [0.15, 0.2) is 0 Å². The molecule has 102 valence electrons. The maximum absolute atomic E-state index is 9.17. The highest BCUT2D eigenvalue weighted by atomic mass is 79.9. The van der Waals surface area contributed by atoms with Crippen LogP contribution in [0.15, 0.2) is 53.1 Å². The Morgan fingerprint density at radius 2 is 2.00 bits per heavy atom. The lowest BCUT2D eigenvalue weighted by molar-refractivity contribution is 0.486. The van der Waals surface area contributed by atoms with Crippen molar-refractivity contribution in [1.82, 2.24) is 4.98 Å². The van der Waals surface area contributed by atoms with Crippen molar-refractivity contribution in [2.45, 2.75) is 0 Å². The molecule has 0 atom stereocenters. The number of halogens is 1. The van der Waals surface area contributed by atoms with Crippen LogP contribution in [0, 0.1) is 11.3 Å². The average Bonchev–Trinajstić information content (AvgIpc) is 2.51. The van der Waals surface area contributed by atoms with E-state index >= 15 is 0 Å². The Hall–Kier alpha value is -2.58. The molecule has 3 rings (SSSR count). The number of pyridine rings is 1. The van der Waals surface area contributed by atoms with Gasteiger partial charge in [-0.15, -0.1) is 0 Å². The number of ether oxygens (including phenoxy) is 1. The van der Waals surface area contributed by atoms with E-state index in [0.717, 1.165) is 9.86 Å². The van der Waals surface area contributed by atoms with Gasteiger partial charge in [-0.05, 0) is 42.5 Å². The highest BCUT2D eigenvalue weighted by molar-refractivity contribution is 9.10. The summed E-state index contributed by atoms with van der Waals surface area (Å²) in [6.45, 7) is 0. The fourth-order valence-corrected chi connectivity index (χ4v) is 2.39. The second-order valence-corrected chi connectivity index (χ2v) is 5.32. The molecule has 21 heavy (non-hydrogen) atoms. The van der Waals surface area contributed by atoms with Crippen molar-refractivity contribution in [3.8, 4) is 17.6 Å². The van der Waals surface area contributed by atoms with Gasteiger partial charge in [0.1, 0.15) is 17.6 Å². The summed E-state index contributed by atoms with van der Waals surface area (Å²) in [6, 6.07) is 14.6. The van der Waals surface area contributed by atoms with Gasteiger partial charge in [0.05, 0.1) is 16.8 Å². The number of nitrogens with two attached hydrogens (primary N) is 1. The normalized spacial score (nSPS) is 10.3. The van der Waals surface area contributed by atoms with E-state index in [1.165, 1.54) is 0 Å². The smallest absolute Gasteiger partial charge is 0.146 e. The minimum absolute atomic E-state index is 0.465.